The average Bonchev–Trinajstić information content (AvgIpc) is 2.39. The summed E-state index contributed by atoms with van der Waals surface area (Å²) in [6.07, 6.45) is 1.90. The number of aromatic hydroxyl groups is 1. The highest BCUT2D eigenvalue weighted by molar-refractivity contribution is 7.85. The smallest absolute Gasteiger partial charge is 0.123 e. The molecule has 2 N–H and O–H groups in total. The summed E-state index contributed by atoms with van der Waals surface area (Å²) in [4.78, 5) is 0. The lowest BCUT2D eigenvalue weighted by atomic mass is 10.1. The second kappa shape index (κ2) is 6.20. The van der Waals surface area contributed by atoms with Crippen LogP contribution in [0.15, 0.2) is 18.2 Å². The van der Waals surface area contributed by atoms with Gasteiger partial charge in [-0.05, 0) is 18.9 Å². The third-order valence-corrected chi connectivity index (χ3v) is 4.64. The summed E-state index contributed by atoms with van der Waals surface area (Å²) in [6.45, 7) is 0.632. The summed E-state index contributed by atoms with van der Waals surface area (Å²) >= 11 is 0. The van der Waals surface area contributed by atoms with Crippen molar-refractivity contribution in [2.75, 3.05) is 18.6 Å². The maximum atomic E-state index is 11.2. The van der Waals surface area contributed by atoms with Crippen LogP contribution in [-0.2, 0) is 17.3 Å². The molecule has 18 heavy (non-hydrogen) atoms. The molecule has 1 aromatic rings. The van der Waals surface area contributed by atoms with Crippen LogP contribution in [0.1, 0.15) is 18.4 Å². The van der Waals surface area contributed by atoms with Crippen LogP contribution in [0.25, 0.3) is 0 Å². The van der Waals surface area contributed by atoms with Crippen LogP contribution in [0.5, 0.6) is 11.5 Å². The maximum absolute atomic E-state index is 11.2. The van der Waals surface area contributed by atoms with Gasteiger partial charge in [-0.15, -0.1) is 0 Å². The molecular weight excluding hydrogens is 250 g/mol. The molecule has 0 unspecified atom stereocenters. The van der Waals surface area contributed by atoms with Crippen LogP contribution in [-0.4, -0.2) is 34.0 Å². The summed E-state index contributed by atoms with van der Waals surface area (Å²) in [5.41, 5.74) is 0.863. The molecular formula is C13H19NO3S. The van der Waals surface area contributed by atoms with Gasteiger partial charge in [-0.1, -0.05) is 6.07 Å². The largest absolute Gasteiger partial charge is 0.507 e. The topological polar surface area (TPSA) is 58.6 Å². The zero-order valence-corrected chi connectivity index (χ0v) is 11.3. The third kappa shape index (κ3) is 3.46. The number of benzene rings is 1. The molecule has 5 heteroatoms. The number of phenols is 1. The van der Waals surface area contributed by atoms with Crippen molar-refractivity contribution >= 4 is 10.8 Å². The van der Waals surface area contributed by atoms with Gasteiger partial charge in [0, 0.05) is 46.5 Å². The van der Waals surface area contributed by atoms with Crippen molar-refractivity contribution in [2.45, 2.75) is 25.4 Å². The van der Waals surface area contributed by atoms with E-state index in [1.807, 2.05) is 12.1 Å². The number of nitrogens with one attached hydrogen (secondary N) is 1. The minimum Gasteiger partial charge on any atom is -0.507 e. The molecule has 0 aromatic heterocycles. The van der Waals surface area contributed by atoms with E-state index in [4.69, 9.17) is 4.74 Å². The SMILES string of the molecule is COc1ccc(CNC2CCS(=O)CC2)c(O)c1. The van der Waals surface area contributed by atoms with E-state index in [1.54, 1.807) is 13.2 Å². The first kappa shape index (κ1) is 13.4. The Bertz CT molecular complexity index is 426. The number of hydrogen-bond acceptors (Lipinski definition) is 4. The predicted octanol–water partition coefficient (Wildman–Crippen LogP) is 1.40. The Morgan fingerprint density at radius 3 is 2.78 bits per heavy atom. The second-order valence-corrected chi connectivity index (χ2v) is 6.19. The lowest BCUT2D eigenvalue weighted by Gasteiger charge is -2.22. The van der Waals surface area contributed by atoms with Crippen LogP contribution in [0.3, 0.4) is 0 Å². The average molecular weight is 269 g/mol. The Kier molecular flexibility index (Phi) is 4.60. The highest BCUT2D eigenvalue weighted by Gasteiger charge is 2.17. The minimum atomic E-state index is -0.624. The Labute approximate surface area is 110 Å². The van der Waals surface area contributed by atoms with Crippen LogP contribution in [0.4, 0.5) is 0 Å². The van der Waals surface area contributed by atoms with Gasteiger partial charge in [0.05, 0.1) is 7.11 Å². The highest BCUT2D eigenvalue weighted by atomic mass is 32.2. The van der Waals surface area contributed by atoms with Crippen molar-refractivity contribution in [1.29, 1.82) is 0 Å². The van der Waals surface area contributed by atoms with Crippen molar-refractivity contribution in [3.63, 3.8) is 0 Å². The normalized spacial score (nSPS) is 23.8. The van der Waals surface area contributed by atoms with Gasteiger partial charge in [-0.25, -0.2) is 0 Å². The molecule has 0 radical (unpaired) electrons. The van der Waals surface area contributed by atoms with E-state index in [2.05, 4.69) is 5.32 Å². The van der Waals surface area contributed by atoms with E-state index in [0.717, 1.165) is 29.9 Å². The van der Waals surface area contributed by atoms with E-state index in [-0.39, 0.29) is 5.75 Å². The van der Waals surface area contributed by atoms with Crippen LogP contribution >= 0.6 is 0 Å². The van der Waals surface area contributed by atoms with Crippen molar-refractivity contribution in [1.82, 2.24) is 5.32 Å². The molecule has 1 aromatic carbocycles. The number of hydrogen-bond donors (Lipinski definition) is 2. The zero-order valence-electron chi connectivity index (χ0n) is 10.5. The van der Waals surface area contributed by atoms with Gasteiger partial charge < -0.3 is 15.2 Å². The van der Waals surface area contributed by atoms with Gasteiger partial charge in [0.2, 0.25) is 0 Å². The molecule has 0 amide bonds. The predicted molar refractivity (Wildman–Crippen MR) is 72.4 cm³/mol. The van der Waals surface area contributed by atoms with E-state index in [0.29, 0.717) is 18.3 Å². The minimum absolute atomic E-state index is 0.251. The van der Waals surface area contributed by atoms with Crippen LogP contribution in [0, 0.1) is 0 Å². The van der Waals surface area contributed by atoms with Gasteiger partial charge in [0.25, 0.3) is 0 Å². The molecule has 4 nitrogen and oxygen atoms in total. The highest BCUT2D eigenvalue weighted by Crippen LogP contribution is 2.23. The van der Waals surface area contributed by atoms with Crippen molar-refractivity contribution < 1.29 is 14.1 Å². The Balaban J connectivity index is 1.88. The van der Waals surface area contributed by atoms with Crippen molar-refractivity contribution in [3.05, 3.63) is 23.8 Å². The summed E-state index contributed by atoms with van der Waals surface area (Å²) < 4.78 is 16.3. The molecule has 1 fully saturated rings. The fourth-order valence-electron chi connectivity index (χ4n) is 2.07. The summed E-state index contributed by atoms with van der Waals surface area (Å²) in [5, 5.41) is 13.2. The summed E-state index contributed by atoms with van der Waals surface area (Å²) in [6, 6.07) is 5.73. The van der Waals surface area contributed by atoms with E-state index >= 15 is 0 Å². The quantitative estimate of drug-likeness (QED) is 0.867. The molecule has 1 aliphatic rings. The molecule has 2 rings (SSSR count). The third-order valence-electron chi connectivity index (χ3n) is 3.26. The van der Waals surface area contributed by atoms with Crippen LogP contribution < -0.4 is 10.1 Å². The molecule has 0 atom stereocenters. The lowest BCUT2D eigenvalue weighted by Crippen LogP contribution is -2.35. The maximum Gasteiger partial charge on any atom is 0.123 e. The van der Waals surface area contributed by atoms with Crippen LogP contribution in [0.2, 0.25) is 0 Å². The molecule has 1 heterocycles. The van der Waals surface area contributed by atoms with Crippen molar-refractivity contribution in [3.8, 4) is 11.5 Å². The molecule has 100 valence electrons. The molecule has 0 saturated carbocycles. The second-order valence-electron chi connectivity index (χ2n) is 4.50. The van der Waals surface area contributed by atoms with Gasteiger partial charge in [0.1, 0.15) is 11.5 Å². The number of ether oxygens (including phenoxy) is 1. The molecule has 0 bridgehead atoms. The van der Waals surface area contributed by atoms with Crippen molar-refractivity contribution in [2.24, 2.45) is 0 Å². The summed E-state index contributed by atoms with van der Waals surface area (Å²) in [5.74, 6) is 2.48. The standard InChI is InChI=1S/C13H19NO3S/c1-17-12-3-2-10(13(15)8-12)9-14-11-4-6-18(16)7-5-11/h2-3,8,11,14-15H,4-7,9H2,1H3. The van der Waals surface area contributed by atoms with Gasteiger partial charge in [-0.3, -0.25) is 4.21 Å². The van der Waals surface area contributed by atoms with E-state index in [1.165, 1.54) is 0 Å². The number of methoxy groups -OCH3 is 1. The Morgan fingerprint density at radius 2 is 2.17 bits per heavy atom. The number of phenolic OH excluding ortho intramolecular Hbond substituents is 1. The fourth-order valence-corrected chi connectivity index (χ4v) is 3.37. The Morgan fingerprint density at radius 1 is 1.44 bits per heavy atom. The van der Waals surface area contributed by atoms with Gasteiger partial charge in [0.15, 0.2) is 0 Å². The molecule has 1 aliphatic heterocycles. The zero-order chi connectivity index (χ0) is 13.0. The molecule has 1 saturated heterocycles. The monoisotopic (exact) mass is 269 g/mol. The number of rotatable bonds is 4. The summed E-state index contributed by atoms with van der Waals surface area (Å²) in [7, 11) is 0.955. The van der Waals surface area contributed by atoms with E-state index < -0.39 is 10.8 Å². The molecule has 0 spiro atoms. The Hall–Kier alpha value is -1.07. The molecule has 0 aliphatic carbocycles. The first-order valence-corrected chi connectivity index (χ1v) is 7.62. The van der Waals surface area contributed by atoms with E-state index in [9.17, 15) is 9.32 Å². The first-order chi connectivity index (χ1) is 8.69. The first-order valence-electron chi connectivity index (χ1n) is 6.13. The van der Waals surface area contributed by atoms with Gasteiger partial charge >= 0.3 is 0 Å². The lowest BCUT2D eigenvalue weighted by molar-refractivity contribution is 0.404. The fraction of sp³-hybridized carbons (Fsp3) is 0.538. The van der Waals surface area contributed by atoms with Gasteiger partial charge in [-0.2, -0.15) is 0 Å².